The zero-order chi connectivity index (χ0) is 21.1. The highest BCUT2D eigenvalue weighted by Crippen LogP contribution is 2.36. The Balaban J connectivity index is 1.61. The van der Waals surface area contributed by atoms with Crippen molar-refractivity contribution in [1.29, 1.82) is 0 Å². The number of hydrogen-bond donors (Lipinski definition) is 0. The van der Waals surface area contributed by atoms with Crippen LogP contribution in [0.15, 0.2) is 67.0 Å². The molecule has 30 heavy (non-hydrogen) atoms. The first-order chi connectivity index (χ1) is 14.5. The van der Waals surface area contributed by atoms with Crippen molar-refractivity contribution in [2.45, 2.75) is 12.5 Å². The van der Waals surface area contributed by atoms with Crippen LogP contribution in [0.3, 0.4) is 0 Å². The molecule has 4 rings (SSSR count). The summed E-state index contributed by atoms with van der Waals surface area (Å²) in [7, 11) is 0. The van der Waals surface area contributed by atoms with Gasteiger partial charge in [0.15, 0.2) is 0 Å². The van der Waals surface area contributed by atoms with E-state index < -0.39 is 0 Å². The van der Waals surface area contributed by atoms with Gasteiger partial charge in [-0.3, -0.25) is 9.78 Å². The molecule has 1 saturated heterocycles. The fourth-order valence-electron chi connectivity index (χ4n) is 3.77. The van der Waals surface area contributed by atoms with Gasteiger partial charge in [-0.15, -0.1) is 0 Å². The predicted octanol–water partition coefficient (Wildman–Crippen LogP) is 5.67. The van der Waals surface area contributed by atoms with Crippen molar-refractivity contribution in [1.82, 2.24) is 9.88 Å². The Labute approximate surface area is 191 Å². The molecule has 0 unspecified atom stereocenters. The number of benzene rings is 2. The predicted molar refractivity (Wildman–Crippen MR) is 123 cm³/mol. The van der Waals surface area contributed by atoms with Gasteiger partial charge in [-0.25, -0.2) is 0 Å². The van der Waals surface area contributed by atoms with Crippen LogP contribution in [0.5, 0.6) is 0 Å². The molecule has 0 spiro atoms. The van der Waals surface area contributed by atoms with Crippen molar-refractivity contribution in [3.63, 3.8) is 0 Å². The SMILES string of the molecule is O=C(Cc1cccnc1)N1CCN(c2ccc(Cl)cc2Cl)[C@H](c2ccc(Cl)cc2)C1. The summed E-state index contributed by atoms with van der Waals surface area (Å²) in [5, 5.41) is 1.86. The van der Waals surface area contributed by atoms with E-state index in [1.165, 1.54) is 0 Å². The molecule has 0 N–H and O–H groups in total. The first-order valence-corrected chi connectivity index (χ1v) is 10.8. The van der Waals surface area contributed by atoms with Gasteiger partial charge in [0, 0.05) is 42.1 Å². The molecule has 2 aromatic carbocycles. The summed E-state index contributed by atoms with van der Waals surface area (Å²) in [5.41, 5.74) is 2.89. The molecule has 1 aliphatic rings. The molecule has 0 aliphatic carbocycles. The first-order valence-electron chi connectivity index (χ1n) is 9.65. The summed E-state index contributed by atoms with van der Waals surface area (Å²) >= 11 is 18.7. The van der Waals surface area contributed by atoms with Crippen LogP contribution in [0.2, 0.25) is 15.1 Å². The molecule has 3 aromatic rings. The number of halogens is 3. The van der Waals surface area contributed by atoms with E-state index >= 15 is 0 Å². The molecular formula is C23H20Cl3N3O. The Morgan fingerprint density at radius 3 is 2.47 bits per heavy atom. The molecule has 1 fully saturated rings. The van der Waals surface area contributed by atoms with Gasteiger partial charge in [-0.2, -0.15) is 0 Å². The van der Waals surface area contributed by atoms with E-state index in [1.54, 1.807) is 18.5 Å². The number of hydrogen-bond acceptors (Lipinski definition) is 3. The second-order valence-corrected chi connectivity index (χ2v) is 8.51. The first kappa shape index (κ1) is 21.0. The fraction of sp³-hybridized carbons (Fsp3) is 0.217. The Morgan fingerprint density at radius 2 is 1.77 bits per heavy atom. The summed E-state index contributed by atoms with van der Waals surface area (Å²) in [6, 6.07) is 17.0. The van der Waals surface area contributed by atoms with E-state index in [4.69, 9.17) is 34.8 Å². The van der Waals surface area contributed by atoms with Gasteiger partial charge >= 0.3 is 0 Å². The lowest BCUT2D eigenvalue weighted by Crippen LogP contribution is -2.51. The van der Waals surface area contributed by atoms with Crippen LogP contribution < -0.4 is 4.90 Å². The van der Waals surface area contributed by atoms with Gasteiger partial charge in [0.05, 0.1) is 23.2 Å². The number of piperazine rings is 1. The number of rotatable bonds is 4. The molecule has 4 nitrogen and oxygen atoms in total. The van der Waals surface area contributed by atoms with Crippen molar-refractivity contribution in [3.05, 3.63) is 93.2 Å². The van der Waals surface area contributed by atoms with Crippen molar-refractivity contribution in [3.8, 4) is 0 Å². The quantitative estimate of drug-likeness (QED) is 0.503. The average Bonchev–Trinajstić information content (AvgIpc) is 2.75. The number of aromatic nitrogens is 1. The Morgan fingerprint density at radius 1 is 1.00 bits per heavy atom. The minimum atomic E-state index is -0.0486. The second-order valence-electron chi connectivity index (χ2n) is 7.23. The van der Waals surface area contributed by atoms with Gasteiger partial charge in [-0.05, 0) is 47.5 Å². The van der Waals surface area contributed by atoms with Crippen molar-refractivity contribution < 1.29 is 4.79 Å². The van der Waals surface area contributed by atoms with Crippen LogP contribution in [0.4, 0.5) is 5.69 Å². The van der Waals surface area contributed by atoms with Crippen LogP contribution in [0.1, 0.15) is 17.2 Å². The molecule has 0 bridgehead atoms. The lowest BCUT2D eigenvalue weighted by molar-refractivity contribution is -0.131. The Bertz CT molecular complexity index is 1030. The van der Waals surface area contributed by atoms with E-state index in [-0.39, 0.29) is 11.9 Å². The second kappa shape index (κ2) is 9.25. The maximum absolute atomic E-state index is 13.0. The molecule has 1 aromatic heterocycles. The van der Waals surface area contributed by atoms with Crippen molar-refractivity contribution in [2.24, 2.45) is 0 Å². The van der Waals surface area contributed by atoms with E-state index in [1.807, 2.05) is 53.4 Å². The monoisotopic (exact) mass is 459 g/mol. The summed E-state index contributed by atoms with van der Waals surface area (Å²) in [6.07, 6.45) is 3.78. The third kappa shape index (κ3) is 4.72. The largest absolute Gasteiger partial charge is 0.360 e. The maximum atomic E-state index is 13.0. The van der Waals surface area contributed by atoms with Gasteiger partial charge in [0.1, 0.15) is 0 Å². The van der Waals surface area contributed by atoms with Gasteiger partial charge < -0.3 is 9.80 Å². The molecule has 2 heterocycles. The lowest BCUT2D eigenvalue weighted by Gasteiger charge is -2.43. The fourth-order valence-corrected chi connectivity index (χ4v) is 4.41. The van der Waals surface area contributed by atoms with E-state index in [2.05, 4.69) is 9.88 Å². The summed E-state index contributed by atoms with van der Waals surface area (Å²) in [5.74, 6) is 0.0869. The third-order valence-electron chi connectivity index (χ3n) is 5.29. The van der Waals surface area contributed by atoms with E-state index in [9.17, 15) is 4.79 Å². The number of amides is 1. The van der Waals surface area contributed by atoms with Gasteiger partial charge in [0.25, 0.3) is 0 Å². The highest BCUT2D eigenvalue weighted by Gasteiger charge is 2.31. The normalized spacial score (nSPS) is 16.6. The standard InChI is InChI=1S/C23H20Cl3N3O/c24-18-5-3-17(4-6-18)22-15-28(23(30)12-16-2-1-9-27-14-16)10-11-29(22)21-8-7-19(25)13-20(21)26/h1-9,13-14,22H,10-12,15H2/t22-/m0/s1. The Hall–Kier alpha value is -2.27. The molecule has 0 saturated carbocycles. The van der Waals surface area contributed by atoms with Crippen LogP contribution in [-0.2, 0) is 11.2 Å². The molecule has 1 aliphatic heterocycles. The lowest BCUT2D eigenvalue weighted by atomic mass is 10.0. The van der Waals surface area contributed by atoms with E-state index in [0.29, 0.717) is 41.1 Å². The summed E-state index contributed by atoms with van der Waals surface area (Å²) < 4.78 is 0. The highest BCUT2D eigenvalue weighted by atomic mass is 35.5. The van der Waals surface area contributed by atoms with Crippen molar-refractivity contribution >= 4 is 46.4 Å². The van der Waals surface area contributed by atoms with Crippen LogP contribution >= 0.6 is 34.8 Å². The number of carbonyl (C=O) groups is 1. The Kier molecular flexibility index (Phi) is 6.47. The molecule has 1 atom stereocenters. The highest BCUT2D eigenvalue weighted by molar-refractivity contribution is 6.36. The summed E-state index contributed by atoms with van der Waals surface area (Å²) in [4.78, 5) is 21.2. The molecule has 7 heteroatoms. The smallest absolute Gasteiger partial charge is 0.227 e. The molecule has 0 radical (unpaired) electrons. The molecule has 154 valence electrons. The third-order valence-corrected chi connectivity index (χ3v) is 6.07. The van der Waals surface area contributed by atoms with Crippen LogP contribution in [0, 0.1) is 0 Å². The number of pyridine rings is 1. The zero-order valence-electron chi connectivity index (χ0n) is 16.1. The van der Waals surface area contributed by atoms with Crippen LogP contribution in [-0.4, -0.2) is 35.4 Å². The number of nitrogens with zero attached hydrogens (tertiary/aromatic N) is 3. The minimum Gasteiger partial charge on any atom is -0.360 e. The molecule has 1 amide bonds. The van der Waals surface area contributed by atoms with E-state index in [0.717, 1.165) is 16.8 Å². The van der Waals surface area contributed by atoms with Crippen molar-refractivity contribution in [2.75, 3.05) is 24.5 Å². The number of anilines is 1. The maximum Gasteiger partial charge on any atom is 0.227 e. The summed E-state index contributed by atoms with van der Waals surface area (Å²) in [6.45, 7) is 1.83. The van der Waals surface area contributed by atoms with Crippen LogP contribution in [0.25, 0.3) is 0 Å². The minimum absolute atomic E-state index is 0.0486. The topological polar surface area (TPSA) is 36.4 Å². The number of carbonyl (C=O) groups excluding carboxylic acids is 1. The van der Waals surface area contributed by atoms with Gasteiger partial charge in [-0.1, -0.05) is 53.0 Å². The molecular weight excluding hydrogens is 441 g/mol. The average molecular weight is 461 g/mol. The zero-order valence-corrected chi connectivity index (χ0v) is 18.4. The van der Waals surface area contributed by atoms with Gasteiger partial charge in [0.2, 0.25) is 5.91 Å².